The fourth-order valence-electron chi connectivity index (χ4n) is 5.32. The van der Waals surface area contributed by atoms with E-state index in [-0.39, 0.29) is 24.1 Å². The molecule has 3 N–H and O–H groups in total. The summed E-state index contributed by atoms with van der Waals surface area (Å²) >= 11 is 0. The normalized spacial score (nSPS) is 29.6. The molecule has 4 heterocycles. The van der Waals surface area contributed by atoms with Gasteiger partial charge in [-0.05, 0) is 44.1 Å². The van der Waals surface area contributed by atoms with Gasteiger partial charge in [-0.2, -0.15) is 0 Å². The third kappa shape index (κ3) is 4.56. The minimum atomic E-state index is -1.41. The lowest BCUT2D eigenvalue weighted by Gasteiger charge is -2.35. The van der Waals surface area contributed by atoms with Crippen molar-refractivity contribution in [3.63, 3.8) is 0 Å². The van der Waals surface area contributed by atoms with Crippen LogP contribution in [0.4, 0.5) is 0 Å². The number of carbonyl (C=O) groups is 4. The molecule has 188 valence electrons. The molecule has 2 aromatic rings. The first-order valence-corrected chi connectivity index (χ1v) is 12.1. The van der Waals surface area contributed by atoms with Crippen LogP contribution in [0.1, 0.15) is 49.5 Å². The van der Waals surface area contributed by atoms with Crippen molar-refractivity contribution in [1.82, 2.24) is 20.5 Å². The van der Waals surface area contributed by atoms with Gasteiger partial charge < -0.3 is 25.4 Å². The van der Waals surface area contributed by atoms with Crippen LogP contribution < -0.4 is 10.6 Å². The number of hydrogen-bond donors (Lipinski definition) is 3. The van der Waals surface area contributed by atoms with Crippen molar-refractivity contribution in [3.8, 4) is 0 Å². The molecule has 0 aliphatic carbocycles. The van der Waals surface area contributed by atoms with Gasteiger partial charge in [0.05, 0.1) is 6.42 Å². The van der Waals surface area contributed by atoms with Crippen LogP contribution in [0.5, 0.6) is 0 Å². The highest BCUT2D eigenvalue weighted by atomic mass is 16.6. The number of aromatic nitrogens is 1. The van der Waals surface area contributed by atoms with E-state index in [1.54, 1.807) is 11.1 Å². The summed E-state index contributed by atoms with van der Waals surface area (Å²) in [4.78, 5) is 57.4. The first-order chi connectivity index (χ1) is 17.3. The second kappa shape index (κ2) is 9.69. The molecule has 2 unspecified atom stereocenters. The summed E-state index contributed by atoms with van der Waals surface area (Å²) in [6.45, 7) is 1.98. The average Bonchev–Trinajstić information content (AvgIpc) is 3.41. The molecular weight excluding hydrogens is 464 g/mol. The number of carbonyl (C=O) groups excluding carboxylic acids is 4. The Bertz CT molecular complexity index is 1250. The number of aliphatic hydroxyl groups excluding tert-OH is 1. The summed E-state index contributed by atoms with van der Waals surface area (Å²) in [5.41, 5.74) is 1.31. The van der Waals surface area contributed by atoms with Gasteiger partial charge in [0.15, 0.2) is 0 Å². The minimum Gasteiger partial charge on any atom is -0.434 e. The monoisotopic (exact) mass is 492 g/mol. The zero-order chi connectivity index (χ0) is 25.4. The summed E-state index contributed by atoms with van der Waals surface area (Å²) in [6.07, 6.45) is 3.98. The molecule has 5 rings (SSSR count). The number of rotatable bonds is 4. The molecule has 10 heteroatoms. The van der Waals surface area contributed by atoms with Crippen molar-refractivity contribution < 1.29 is 29.0 Å². The van der Waals surface area contributed by atoms with E-state index in [0.29, 0.717) is 31.1 Å². The molecule has 5 atom stereocenters. The van der Waals surface area contributed by atoms with E-state index in [2.05, 4.69) is 15.6 Å². The summed E-state index contributed by atoms with van der Waals surface area (Å²) in [5, 5.41) is 16.9. The first-order valence-electron chi connectivity index (χ1n) is 12.1. The molecule has 2 fully saturated rings. The second-order valence-corrected chi connectivity index (χ2v) is 9.59. The van der Waals surface area contributed by atoms with Gasteiger partial charge in [0.1, 0.15) is 23.8 Å². The van der Waals surface area contributed by atoms with Crippen LogP contribution in [-0.2, 0) is 19.1 Å². The molecule has 10 nitrogen and oxygen atoms in total. The van der Waals surface area contributed by atoms with Crippen LogP contribution >= 0.6 is 0 Å². The lowest BCUT2D eigenvalue weighted by atomic mass is 9.99. The molecule has 0 bridgehead atoms. The summed E-state index contributed by atoms with van der Waals surface area (Å²) in [7, 11) is 0. The van der Waals surface area contributed by atoms with Crippen molar-refractivity contribution in [1.29, 1.82) is 0 Å². The van der Waals surface area contributed by atoms with Gasteiger partial charge in [0.25, 0.3) is 5.91 Å². The Balaban J connectivity index is 1.37. The number of ether oxygens (including phenoxy) is 1. The van der Waals surface area contributed by atoms with Crippen LogP contribution in [0.15, 0.2) is 48.2 Å². The molecule has 2 saturated heterocycles. The van der Waals surface area contributed by atoms with Crippen molar-refractivity contribution in [2.24, 2.45) is 0 Å². The Kier molecular flexibility index (Phi) is 6.44. The summed E-state index contributed by atoms with van der Waals surface area (Å²) in [6, 6.07) is 6.53. The highest BCUT2D eigenvalue weighted by Gasteiger charge is 2.45. The molecule has 3 amide bonds. The number of nitrogens with zero attached hydrogens (tertiary/aromatic N) is 2. The topological polar surface area (TPSA) is 138 Å². The van der Waals surface area contributed by atoms with Crippen LogP contribution in [0.25, 0.3) is 10.8 Å². The fraction of sp³-hybridized carbons (Fsp3) is 0.423. The van der Waals surface area contributed by atoms with Crippen LogP contribution in [0.2, 0.25) is 0 Å². The molecule has 0 radical (unpaired) electrons. The first kappa shape index (κ1) is 23.9. The van der Waals surface area contributed by atoms with E-state index < -0.39 is 42.2 Å². The minimum absolute atomic E-state index is 0.129. The number of amides is 3. The Morgan fingerprint density at radius 1 is 1.11 bits per heavy atom. The lowest BCUT2D eigenvalue weighted by molar-refractivity contribution is -0.155. The van der Waals surface area contributed by atoms with Gasteiger partial charge in [-0.1, -0.05) is 35.9 Å². The van der Waals surface area contributed by atoms with E-state index in [0.717, 1.165) is 11.0 Å². The average molecular weight is 493 g/mol. The number of aliphatic hydroxyl groups is 1. The maximum atomic E-state index is 13.7. The highest BCUT2D eigenvalue weighted by Crippen LogP contribution is 2.32. The Labute approximate surface area is 207 Å². The van der Waals surface area contributed by atoms with Crippen molar-refractivity contribution >= 4 is 34.5 Å². The van der Waals surface area contributed by atoms with Gasteiger partial charge in [0.2, 0.25) is 18.1 Å². The predicted molar refractivity (Wildman–Crippen MR) is 128 cm³/mol. The standard InChI is InChI=1S/C26H28N4O6/c1-14-6-8-18(28-24(33)22-17-5-3-2-4-15(17)10-11-27-22)25(34)30-16(12-14)7-9-20(30)23(32)29-19-13-21(31)36-26(19)35/h2-6,10-11,16,18-20,26,35H,7-9,12-13H2,1H3,(H,28,33)(H,29,32)/b14-6-/t16-,18-,19?,20-,26?/m0/s1. The number of cyclic esters (lactones) is 1. The van der Waals surface area contributed by atoms with E-state index in [1.807, 2.05) is 43.3 Å². The zero-order valence-corrected chi connectivity index (χ0v) is 19.8. The molecule has 3 aliphatic heterocycles. The van der Waals surface area contributed by atoms with Gasteiger partial charge in [0, 0.05) is 17.6 Å². The molecule has 0 saturated carbocycles. The van der Waals surface area contributed by atoms with Crippen molar-refractivity contribution in [2.75, 3.05) is 0 Å². The Morgan fingerprint density at radius 2 is 1.92 bits per heavy atom. The Morgan fingerprint density at radius 3 is 2.69 bits per heavy atom. The molecule has 36 heavy (non-hydrogen) atoms. The van der Waals surface area contributed by atoms with E-state index in [1.165, 1.54) is 0 Å². The van der Waals surface area contributed by atoms with Gasteiger partial charge in [-0.15, -0.1) is 0 Å². The lowest BCUT2D eigenvalue weighted by Crippen LogP contribution is -2.57. The van der Waals surface area contributed by atoms with E-state index in [9.17, 15) is 24.3 Å². The smallest absolute Gasteiger partial charge is 0.310 e. The summed E-state index contributed by atoms with van der Waals surface area (Å²) in [5.74, 6) is -1.84. The maximum Gasteiger partial charge on any atom is 0.310 e. The van der Waals surface area contributed by atoms with Crippen LogP contribution in [0.3, 0.4) is 0 Å². The van der Waals surface area contributed by atoms with E-state index >= 15 is 0 Å². The van der Waals surface area contributed by atoms with Crippen LogP contribution in [0, 0.1) is 0 Å². The van der Waals surface area contributed by atoms with E-state index in [4.69, 9.17) is 4.74 Å². The van der Waals surface area contributed by atoms with Gasteiger partial charge >= 0.3 is 5.97 Å². The largest absolute Gasteiger partial charge is 0.434 e. The van der Waals surface area contributed by atoms with Gasteiger partial charge in [-0.25, -0.2) is 0 Å². The molecule has 1 aromatic carbocycles. The molecular formula is C26H28N4O6. The molecule has 1 aromatic heterocycles. The molecule has 3 aliphatic rings. The predicted octanol–water partition coefficient (Wildman–Crippen LogP) is 1.18. The van der Waals surface area contributed by atoms with Crippen molar-refractivity contribution in [3.05, 3.63) is 53.9 Å². The zero-order valence-electron chi connectivity index (χ0n) is 19.8. The fourth-order valence-corrected chi connectivity index (χ4v) is 5.32. The number of fused-ring (bicyclic) bond motifs is 2. The number of hydrogen-bond acceptors (Lipinski definition) is 7. The SMILES string of the molecule is C/C1=C/C[C@H](NC(=O)c2nccc3ccccc23)C(=O)N2[C@@H](CC[C@H]2C(=O)NC2CC(=O)OC2O)C1. The number of esters is 1. The van der Waals surface area contributed by atoms with Gasteiger partial charge in [-0.3, -0.25) is 24.2 Å². The van der Waals surface area contributed by atoms with Crippen LogP contribution in [-0.4, -0.2) is 69.1 Å². The number of pyridine rings is 1. The van der Waals surface area contributed by atoms with Crippen molar-refractivity contribution in [2.45, 2.75) is 69.5 Å². The third-order valence-electron chi connectivity index (χ3n) is 7.12. The highest BCUT2D eigenvalue weighted by molar-refractivity contribution is 6.06. The molecule has 0 spiro atoms. The number of nitrogens with one attached hydrogen (secondary N) is 2. The Hall–Kier alpha value is -3.79. The maximum absolute atomic E-state index is 13.7. The number of benzene rings is 1. The quantitative estimate of drug-likeness (QED) is 0.430. The summed E-state index contributed by atoms with van der Waals surface area (Å²) < 4.78 is 4.71. The second-order valence-electron chi connectivity index (χ2n) is 9.59. The third-order valence-corrected chi connectivity index (χ3v) is 7.12.